The summed E-state index contributed by atoms with van der Waals surface area (Å²) in [5, 5.41) is 11.9. The summed E-state index contributed by atoms with van der Waals surface area (Å²) in [5.41, 5.74) is 2.02. The Labute approximate surface area is 160 Å². The van der Waals surface area contributed by atoms with Crippen LogP contribution in [0.1, 0.15) is 17.4 Å². The van der Waals surface area contributed by atoms with E-state index in [4.69, 9.17) is 0 Å². The number of halogens is 3. The van der Waals surface area contributed by atoms with Crippen LogP contribution in [0.2, 0.25) is 0 Å². The molecular formula is C18H19F3N2O4S. The number of nitrogens with zero attached hydrogens (tertiary/aromatic N) is 1. The van der Waals surface area contributed by atoms with Crippen LogP contribution in [-0.2, 0) is 20.4 Å². The van der Waals surface area contributed by atoms with E-state index in [2.05, 4.69) is 4.98 Å². The number of pyridine rings is 1. The minimum Gasteiger partial charge on any atom is -0.386 e. The van der Waals surface area contributed by atoms with E-state index in [0.29, 0.717) is 16.8 Å². The molecule has 1 aromatic heterocycles. The van der Waals surface area contributed by atoms with Crippen LogP contribution in [0.15, 0.2) is 42.6 Å². The highest BCUT2D eigenvalue weighted by Crippen LogP contribution is 2.24. The van der Waals surface area contributed by atoms with E-state index in [1.54, 1.807) is 29.6 Å². The number of carbonyl (C=O) groups excluding carboxylic acids is 1. The standard InChI is InChI=1S/C18H19F3N2O4S/c1-28(26,27)10-14-7-6-13(9-22-14)11-2-4-12(5-3-11)16(24)15(8-19)23-18(25)17(20)21/h2-7,9,15-17,24H,8,10H2,1H3,(H,23,25). The van der Waals surface area contributed by atoms with Crippen LogP contribution in [0.3, 0.4) is 0 Å². The van der Waals surface area contributed by atoms with Gasteiger partial charge in [0.2, 0.25) is 0 Å². The van der Waals surface area contributed by atoms with Crippen molar-refractivity contribution in [2.24, 2.45) is 0 Å². The molecule has 0 aliphatic heterocycles. The number of nitrogens with one attached hydrogen (secondary N) is 1. The van der Waals surface area contributed by atoms with Gasteiger partial charge in [-0.05, 0) is 17.2 Å². The largest absolute Gasteiger partial charge is 0.386 e. The van der Waals surface area contributed by atoms with E-state index in [-0.39, 0.29) is 11.3 Å². The molecular weight excluding hydrogens is 397 g/mol. The van der Waals surface area contributed by atoms with Crippen LogP contribution < -0.4 is 5.32 Å². The summed E-state index contributed by atoms with van der Waals surface area (Å²) in [4.78, 5) is 15.1. The van der Waals surface area contributed by atoms with Crippen molar-refractivity contribution in [2.45, 2.75) is 24.3 Å². The van der Waals surface area contributed by atoms with Gasteiger partial charge in [0.1, 0.15) is 12.8 Å². The van der Waals surface area contributed by atoms with Crippen LogP contribution in [-0.4, -0.2) is 49.8 Å². The molecule has 1 heterocycles. The Bertz CT molecular complexity index is 903. The average Bonchev–Trinajstić information content (AvgIpc) is 2.64. The first-order valence-corrected chi connectivity index (χ1v) is 10.2. The molecule has 1 amide bonds. The second-order valence-electron chi connectivity index (χ2n) is 6.25. The van der Waals surface area contributed by atoms with Gasteiger partial charge in [-0.25, -0.2) is 12.8 Å². The molecule has 1 aromatic carbocycles. The van der Waals surface area contributed by atoms with E-state index in [0.717, 1.165) is 6.26 Å². The lowest BCUT2D eigenvalue weighted by Crippen LogP contribution is -2.43. The van der Waals surface area contributed by atoms with Crippen molar-refractivity contribution in [1.29, 1.82) is 0 Å². The molecule has 0 bridgehead atoms. The van der Waals surface area contributed by atoms with E-state index in [9.17, 15) is 31.5 Å². The van der Waals surface area contributed by atoms with Gasteiger partial charge in [-0.1, -0.05) is 30.3 Å². The predicted molar refractivity (Wildman–Crippen MR) is 97.1 cm³/mol. The zero-order valence-corrected chi connectivity index (χ0v) is 15.7. The summed E-state index contributed by atoms with van der Waals surface area (Å²) < 4.78 is 60.2. The van der Waals surface area contributed by atoms with Gasteiger partial charge in [-0.15, -0.1) is 0 Å². The quantitative estimate of drug-likeness (QED) is 0.687. The number of aliphatic hydroxyl groups excluding tert-OH is 1. The molecule has 6 nitrogen and oxygen atoms in total. The van der Waals surface area contributed by atoms with Crippen molar-refractivity contribution in [2.75, 3.05) is 12.9 Å². The summed E-state index contributed by atoms with van der Waals surface area (Å²) in [5.74, 6) is -1.83. The Balaban J connectivity index is 2.12. The van der Waals surface area contributed by atoms with Crippen LogP contribution in [0.25, 0.3) is 11.1 Å². The van der Waals surface area contributed by atoms with Crippen molar-refractivity contribution in [3.63, 3.8) is 0 Å². The third kappa shape index (κ3) is 6.03. The number of benzene rings is 1. The Kier molecular flexibility index (Phi) is 7.14. The molecule has 10 heteroatoms. The molecule has 0 spiro atoms. The Hall–Kier alpha value is -2.46. The number of alkyl halides is 3. The maximum absolute atomic E-state index is 13.0. The summed E-state index contributed by atoms with van der Waals surface area (Å²) in [7, 11) is -3.19. The lowest BCUT2D eigenvalue weighted by molar-refractivity contribution is -0.133. The van der Waals surface area contributed by atoms with Gasteiger partial charge in [-0.2, -0.15) is 8.78 Å². The Morgan fingerprint density at radius 3 is 2.21 bits per heavy atom. The molecule has 0 radical (unpaired) electrons. The smallest absolute Gasteiger partial charge is 0.315 e. The number of aliphatic hydroxyl groups is 1. The van der Waals surface area contributed by atoms with Crippen LogP contribution in [0.4, 0.5) is 13.2 Å². The SMILES string of the molecule is CS(=O)(=O)Cc1ccc(-c2ccc(C(O)C(CF)NC(=O)C(F)F)cc2)cn1. The number of carbonyl (C=O) groups is 1. The highest BCUT2D eigenvalue weighted by Gasteiger charge is 2.26. The first kappa shape index (κ1) is 21.8. The summed E-state index contributed by atoms with van der Waals surface area (Å²) in [6.45, 7) is -1.22. The second kappa shape index (κ2) is 9.16. The van der Waals surface area contributed by atoms with Crippen LogP contribution in [0.5, 0.6) is 0 Å². The van der Waals surface area contributed by atoms with Gasteiger partial charge in [0.05, 0.1) is 17.5 Å². The summed E-state index contributed by atoms with van der Waals surface area (Å²) in [6, 6.07) is 7.93. The normalized spacial score (nSPS) is 13.9. The zero-order chi connectivity index (χ0) is 20.9. The second-order valence-corrected chi connectivity index (χ2v) is 8.39. The monoisotopic (exact) mass is 416 g/mol. The fourth-order valence-electron chi connectivity index (χ4n) is 2.50. The van der Waals surface area contributed by atoms with Crippen molar-refractivity contribution < 1.29 is 31.5 Å². The fourth-order valence-corrected chi connectivity index (χ4v) is 3.21. The molecule has 0 saturated heterocycles. The predicted octanol–water partition coefficient (Wildman–Crippen LogP) is 2.05. The molecule has 28 heavy (non-hydrogen) atoms. The maximum atomic E-state index is 13.0. The summed E-state index contributed by atoms with van der Waals surface area (Å²) in [6.07, 6.45) is -2.20. The maximum Gasteiger partial charge on any atom is 0.315 e. The highest BCUT2D eigenvalue weighted by atomic mass is 32.2. The van der Waals surface area contributed by atoms with Gasteiger partial charge in [-0.3, -0.25) is 9.78 Å². The topological polar surface area (TPSA) is 96.4 Å². The van der Waals surface area contributed by atoms with E-state index in [1.165, 1.54) is 18.3 Å². The number of aromatic nitrogens is 1. The first-order chi connectivity index (χ1) is 13.1. The van der Waals surface area contributed by atoms with E-state index >= 15 is 0 Å². The van der Waals surface area contributed by atoms with Crippen molar-refractivity contribution in [3.05, 3.63) is 53.9 Å². The third-order valence-corrected chi connectivity index (χ3v) is 4.71. The summed E-state index contributed by atoms with van der Waals surface area (Å²) >= 11 is 0. The molecule has 0 aliphatic carbocycles. The molecule has 2 aromatic rings. The molecule has 0 saturated carbocycles. The number of rotatable bonds is 8. The zero-order valence-electron chi connectivity index (χ0n) is 14.8. The molecule has 0 fully saturated rings. The number of hydrogen-bond donors (Lipinski definition) is 2. The van der Waals surface area contributed by atoms with Gasteiger partial charge < -0.3 is 10.4 Å². The van der Waals surface area contributed by atoms with Crippen molar-refractivity contribution in [1.82, 2.24) is 10.3 Å². The molecule has 0 aliphatic rings. The van der Waals surface area contributed by atoms with E-state index < -0.39 is 41.0 Å². The van der Waals surface area contributed by atoms with Gasteiger partial charge in [0.25, 0.3) is 5.91 Å². The Morgan fingerprint density at radius 2 is 1.75 bits per heavy atom. The number of sulfone groups is 1. The minimum atomic E-state index is -3.30. The lowest BCUT2D eigenvalue weighted by atomic mass is 9.99. The highest BCUT2D eigenvalue weighted by molar-refractivity contribution is 7.89. The van der Waals surface area contributed by atoms with E-state index in [1.807, 2.05) is 0 Å². The molecule has 2 rings (SSSR count). The molecule has 152 valence electrons. The van der Waals surface area contributed by atoms with Crippen molar-refractivity contribution in [3.8, 4) is 11.1 Å². The fraction of sp³-hybridized carbons (Fsp3) is 0.333. The van der Waals surface area contributed by atoms with Crippen LogP contribution >= 0.6 is 0 Å². The molecule has 2 atom stereocenters. The number of amides is 1. The van der Waals surface area contributed by atoms with Gasteiger partial charge in [0.15, 0.2) is 9.84 Å². The van der Waals surface area contributed by atoms with Crippen molar-refractivity contribution >= 4 is 15.7 Å². The first-order valence-electron chi connectivity index (χ1n) is 8.16. The third-order valence-electron chi connectivity index (χ3n) is 3.89. The lowest BCUT2D eigenvalue weighted by Gasteiger charge is -2.22. The minimum absolute atomic E-state index is 0.173. The molecule has 2 unspecified atom stereocenters. The van der Waals surface area contributed by atoms with Gasteiger partial charge >= 0.3 is 6.43 Å². The van der Waals surface area contributed by atoms with Gasteiger partial charge in [0, 0.05) is 18.0 Å². The molecule has 2 N–H and O–H groups in total. The number of hydrogen-bond acceptors (Lipinski definition) is 5. The average molecular weight is 416 g/mol. The van der Waals surface area contributed by atoms with Crippen LogP contribution in [0, 0.1) is 0 Å². The Morgan fingerprint density at radius 1 is 1.14 bits per heavy atom.